The second-order valence-corrected chi connectivity index (χ2v) is 7.96. The Kier molecular flexibility index (Phi) is 9.31. The standard InChI is InChI=1S/C21H31N3O4S/c1-5-7-11-22-21-24(12-8-6-2)20(26)18(29-21)14-19(25)23-16-10-9-15(27-3)13-17(16)28-4/h9-10,13,18H,5-8,11-12,14H2,1-4H3,(H,23,25). The first-order valence-corrected chi connectivity index (χ1v) is 11.0. The second kappa shape index (κ2) is 11.7. The number of benzene rings is 1. The lowest BCUT2D eigenvalue weighted by Crippen LogP contribution is -2.34. The van der Waals surface area contributed by atoms with Gasteiger partial charge < -0.3 is 14.8 Å². The maximum atomic E-state index is 12.9. The molecule has 2 rings (SSSR count). The third-order valence-corrected chi connectivity index (χ3v) is 5.78. The van der Waals surface area contributed by atoms with Gasteiger partial charge in [-0.1, -0.05) is 38.5 Å². The molecule has 1 fully saturated rings. The fourth-order valence-electron chi connectivity index (χ4n) is 2.89. The molecule has 7 nitrogen and oxygen atoms in total. The average Bonchev–Trinajstić information content (AvgIpc) is 3.01. The molecular formula is C21H31N3O4S. The summed E-state index contributed by atoms with van der Waals surface area (Å²) in [6, 6.07) is 5.18. The van der Waals surface area contributed by atoms with Gasteiger partial charge >= 0.3 is 0 Å². The third-order valence-electron chi connectivity index (χ3n) is 4.57. The van der Waals surface area contributed by atoms with Crippen LogP contribution in [0.3, 0.4) is 0 Å². The molecule has 1 saturated heterocycles. The van der Waals surface area contributed by atoms with E-state index in [1.54, 1.807) is 30.2 Å². The van der Waals surface area contributed by atoms with Crippen molar-refractivity contribution in [3.05, 3.63) is 18.2 Å². The minimum atomic E-state index is -0.448. The average molecular weight is 422 g/mol. The molecular weight excluding hydrogens is 390 g/mol. The highest BCUT2D eigenvalue weighted by Gasteiger charge is 2.38. The number of carbonyl (C=O) groups is 2. The summed E-state index contributed by atoms with van der Waals surface area (Å²) in [5.41, 5.74) is 0.549. The van der Waals surface area contributed by atoms with Crippen molar-refractivity contribution in [1.29, 1.82) is 0 Å². The monoisotopic (exact) mass is 421 g/mol. The van der Waals surface area contributed by atoms with Crippen molar-refractivity contribution in [2.75, 3.05) is 32.6 Å². The molecule has 160 valence electrons. The number of nitrogens with one attached hydrogen (secondary N) is 1. The Bertz CT molecular complexity index is 739. The summed E-state index contributed by atoms with van der Waals surface area (Å²) in [5, 5.41) is 3.14. The van der Waals surface area contributed by atoms with Crippen molar-refractivity contribution < 1.29 is 19.1 Å². The Morgan fingerprint density at radius 1 is 1.21 bits per heavy atom. The van der Waals surface area contributed by atoms with Crippen LogP contribution in [0, 0.1) is 0 Å². The predicted molar refractivity (Wildman–Crippen MR) is 118 cm³/mol. The Hall–Kier alpha value is -2.22. The molecule has 1 N–H and O–H groups in total. The van der Waals surface area contributed by atoms with Crippen LogP contribution >= 0.6 is 11.8 Å². The van der Waals surface area contributed by atoms with Crippen LogP contribution in [0.1, 0.15) is 46.0 Å². The number of nitrogens with zero attached hydrogens (tertiary/aromatic N) is 2. The van der Waals surface area contributed by atoms with E-state index in [9.17, 15) is 9.59 Å². The van der Waals surface area contributed by atoms with E-state index in [2.05, 4.69) is 24.2 Å². The number of rotatable bonds is 11. The van der Waals surface area contributed by atoms with Gasteiger partial charge in [-0.3, -0.25) is 19.5 Å². The Balaban J connectivity index is 2.05. The van der Waals surface area contributed by atoms with Crippen LogP contribution < -0.4 is 14.8 Å². The van der Waals surface area contributed by atoms with Gasteiger partial charge in [0.25, 0.3) is 0 Å². The van der Waals surface area contributed by atoms with Gasteiger partial charge in [0, 0.05) is 25.6 Å². The zero-order valence-electron chi connectivity index (χ0n) is 17.7. The Morgan fingerprint density at radius 3 is 2.62 bits per heavy atom. The highest BCUT2D eigenvalue weighted by atomic mass is 32.2. The van der Waals surface area contributed by atoms with Crippen LogP contribution in [0.5, 0.6) is 11.5 Å². The number of hydrogen-bond acceptors (Lipinski definition) is 6. The van der Waals surface area contributed by atoms with Gasteiger partial charge in [-0.2, -0.15) is 0 Å². The lowest BCUT2D eigenvalue weighted by atomic mass is 10.2. The molecule has 0 aliphatic carbocycles. The van der Waals surface area contributed by atoms with E-state index in [-0.39, 0.29) is 18.2 Å². The molecule has 1 unspecified atom stereocenters. The van der Waals surface area contributed by atoms with E-state index in [4.69, 9.17) is 9.47 Å². The normalized spacial score (nSPS) is 17.7. The van der Waals surface area contributed by atoms with Crippen LogP contribution in [-0.2, 0) is 9.59 Å². The molecule has 0 saturated carbocycles. The van der Waals surface area contributed by atoms with Crippen LogP contribution in [0.2, 0.25) is 0 Å². The van der Waals surface area contributed by atoms with Crippen LogP contribution in [0.15, 0.2) is 23.2 Å². The summed E-state index contributed by atoms with van der Waals surface area (Å²) >= 11 is 1.40. The van der Waals surface area contributed by atoms with Gasteiger partial charge in [0.2, 0.25) is 11.8 Å². The molecule has 1 aromatic carbocycles. The zero-order valence-corrected chi connectivity index (χ0v) is 18.5. The molecule has 29 heavy (non-hydrogen) atoms. The smallest absolute Gasteiger partial charge is 0.242 e. The van der Waals surface area contributed by atoms with Crippen molar-refractivity contribution in [3.8, 4) is 11.5 Å². The number of amidine groups is 1. The number of carbonyl (C=O) groups excluding carboxylic acids is 2. The number of hydrogen-bond donors (Lipinski definition) is 1. The summed E-state index contributed by atoms with van der Waals surface area (Å²) in [4.78, 5) is 31.8. The van der Waals surface area contributed by atoms with Crippen molar-refractivity contribution in [1.82, 2.24) is 4.90 Å². The summed E-state index contributed by atoms with van der Waals surface area (Å²) < 4.78 is 10.5. The maximum Gasteiger partial charge on any atom is 0.242 e. The van der Waals surface area contributed by atoms with E-state index in [0.717, 1.165) is 30.9 Å². The van der Waals surface area contributed by atoms with Gasteiger partial charge in [-0.15, -0.1) is 0 Å². The van der Waals surface area contributed by atoms with Crippen molar-refractivity contribution in [2.45, 2.75) is 51.2 Å². The van der Waals surface area contributed by atoms with Gasteiger partial charge in [0.15, 0.2) is 5.17 Å². The molecule has 1 aromatic rings. The van der Waals surface area contributed by atoms with Crippen LogP contribution in [-0.4, -0.2) is 54.4 Å². The lowest BCUT2D eigenvalue weighted by molar-refractivity contribution is -0.128. The Labute approximate surface area is 177 Å². The summed E-state index contributed by atoms with van der Waals surface area (Å²) in [6.07, 6.45) is 4.05. The number of methoxy groups -OCH3 is 2. The van der Waals surface area contributed by atoms with E-state index >= 15 is 0 Å². The molecule has 8 heteroatoms. The van der Waals surface area contributed by atoms with E-state index in [1.165, 1.54) is 18.9 Å². The number of anilines is 1. The fourth-order valence-corrected chi connectivity index (χ4v) is 4.08. The van der Waals surface area contributed by atoms with Gasteiger partial charge in [-0.25, -0.2) is 0 Å². The number of amides is 2. The van der Waals surface area contributed by atoms with Crippen LogP contribution in [0.4, 0.5) is 5.69 Å². The fraction of sp³-hybridized carbons (Fsp3) is 0.571. The number of thioether (sulfide) groups is 1. The summed E-state index contributed by atoms with van der Waals surface area (Å²) in [6.45, 7) is 5.56. The Morgan fingerprint density at radius 2 is 1.97 bits per heavy atom. The van der Waals surface area contributed by atoms with Gasteiger partial charge in [0.1, 0.15) is 16.7 Å². The number of ether oxygens (including phenoxy) is 2. The largest absolute Gasteiger partial charge is 0.497 e. The highest BCUT2D eigenvalue weighted by Crippen LogP contribution is 2.32. The molecule has 0 aromatic heterocycles. The zero-order chi connectivity index (χ0) is 21.2. The van der Waals surface area contributed by atoms with E-state index in [0.29, 0.717) is 30.3 Å². The predicted octanol–water partition coefficient (Wildman–Crippen LogP) is 3.93. The third kappa shape index (κ3) is 6.39. The first kappa shape index (κ1) is 23.1. The van der Waals surface area contributed by atoms with E-state index in [1.807, 2.05) is 0 Å². The SMILES string of the molecule is CCCCN=C1SC(CC(=O)Nc2ccc(OC)cc2OC)C(=O)N1CCCC. The topological polar surface area (TPSA) is 80.2 Å². The summed E-state index contributed by atoms with van der Waals surface area (Å²) in [7, 11) is 3.10. The molecule has 1 aliphatic rings. The van der Waals surface area contributed by atoms with Gasteiger partial charge in [-0.05, 0) is 25.0 Å². The molecule has 1 heterocycles. The lowest BCUT2D eigenvalue weighted by Gasteiger charge is -2.16. The first-order valence-electron chi connectivity index (χ1n) is 10.1. The molecule has 0 radical (unpaired) electrons. The quantitative estimate of drug-likeness (QED) is 0.548. The van der Waals surface area contributed by atoms with E-state index < -0.39 is 5.25 Å². The van der Waals surface area contributed by atoms with Crippen molar-refractivity contribution >= 4 is 34.4 Å². The molecule has 2 amide bonds. The highest BCUT2D eigenvalue weighted by molar-refractivity contribution is 8.15. The molecule has 0 spiro atoms. The molecule has 1 atom stereocenters. The van der Waals surface area contributed by atoms with Gasteiger partial charge in [0.05, 0.1) is 19.9 Å². The molecule has 0 bridgehead atoms. The van der Waals surface area contributed by atoms with Crippen molar-refractivity contribution in [2.24, 2.45) is 4.99 Å². The first-order chi connectivity index (χ1) is 14.0. The minimum Gasteiger partial charge on any atom is -0.497 e. The number of aliphatic imine (C=N–C) groups is 1. The van der Waals surface area contributed by atoms with Crippen LogP contribution in [0.25, 0.3) is 0 Å². The van der Waals surface area contributed by atoms with Crippen molar-refractivity contribution in [3.63, 3.8) is 0 Å². The number of unbranched alkanes of at least 4 members (excludes halogenated alkanes) is 2. The maximum absolute atomic E-state index is 12.9. The second-order valence-electron chi connectivity index (χ2n) is 6.79. The minimum absolute atomic E-state index is 0.0319. The molecule has 1 aliphatic heterocycles. The summed E-state index contributed by atoms with van der Waals surface area (Å²) in [5.74, 6) is 0.885.